The highest BCUT2D eigenvalue weighted by Gasteiger charge is 2.66. The molecule has 0 radical (unpaired) electrons. The fourth-order valence-corrected chi connectivity index (χ4v) is 6.44. The van der Waals surface area contributed by atoms with Crippen LogP contribution in [-0.4, -0.2) is 45.9 Å². The van der Waals surface area contributed by atoms with E-state index in [0.29, 0.717) is 6.42 Å². The molecule has 29 heavy (non-hydrogen) atoms. The molecule has 0 aromatic rings. The van der Waals surface area contributed by atoms with Crippen molar-refractivity contribution in [2.24, 2.45) is 17.8 Å². The molecule has 2 N–H and O–H groups in total. The van der Waals surface area contributed by atoms with Crippen LogP contribution < -0.4 is 5.32 Å². The van der Waals surface area contributed by atoms with Gasteiger partial charge in [0.1, 0.15) is 5.60 Å². The molecule has 3 rings (SSSR count). The Labute approximate surface area is 175 Å². The topological polar surface area (TPSA) is 67.3 Å². The number of nitrogens with zero attached hydrogens (tertiary/aromatic N) is 2. The van der Waals surface area contributed by atoms with Crippen LogP contribution in [0.5, 0.6) is 0 Å². The zero-order valence-corrected chi connectivity index (χ0v) is 18.4. The summed E-state index contributed by atoms with van der Waals surface area (Å²) in [5.74, 6) is 0.152. The Morgan fingerprint density at radius 2 is 1.76 bits per heavy atom. The van der Waals surface area contributed by atoms with Crippen LogP contribution in [0.2, 0.25) is 0 Å². The lowest BCUT2D eigenvalue weighted by atomic mass is 9.51. The van der Waals surface area contributed by atoms with Crippen LogP contribution in [0.3, 0.4) is 0 Å². The molecule has 0 bridgehead atoms. The number of aliphatic hydroxyl groups is 1. The molecule has 1 aliphatic heterocycles. The molecule has 0 aromatic carbocycles. The average molecular weight is 402 g/mol. The van der Waals surface area contributed by atoms with Gasteiger partial charge in [-0.05, 0) is 65.7 Å². The third-order valence-electron chi connectivity index (χ3n) is 8.38. The highest BCUT2D eigenvalue weighted by Crippen LogP contribution is 2.58. The molecule has 3 fully saturated rings. The molecule has 6 nitrogen and oxygen atoms in total. The van der Waals surface area contributed by atoms with E-state index in [1.807, 2.05) is 20.8 Å². The van der Waals surface area contributed by atoms with Crippen molar-refractivity contribution in [3.8, 4) is 0 Å². The molecule has 8 atom stereocenters. The average Bonchev–Trinajstić information content (AvgIpc) is 3.05. The van der Waals surface area contributed by atoms with Gasteiger partial charge in [0, 0.05) is 19.3 Å². The fraction of sp³-hybridized carbons (Fsp3) is 0.870. The van der Waals surface area contributed by atoms with E-state index in [9.17, 15) is 9.90 Å². The van der Waals surface area contributed by atoms with E-state index in [1.54, 1.807) is 6.92 Å². The summed E-state index contributed by atoms with van der Waals surface area (Å²) >= 11 is 0. The van der Waals surface area contributed by atoms with Gasteiger partial charge in [0.05, 0.1) is 23.2 Å². The monoisotopic (exact) mass is 401 g/mol. The van der Waals surface area contributed by atoms with Gasteiger partial charge in [-0.3, -0.25) is 4.79 Å². The highest BCUT2D eigenvalue weighted by atomic mass is 16.5. The first-order valence-corrected chi connectivity index (χ1v) is 10.8. The van der Waals surface area contributed by atoms with E-state index in [1.165, 1.54) is 0 Å². The van der Waals surface area contributed by atoms with Gasteiger partial charge in [0.25, 0.3) is 6.04 Å². The molecule has 1 heterocycles. The molecule has 1 saturated heterocycles. The number of carbonyl (C=O) groups is 1. The zero-order chi connectivity index (χ0) is 21.7. The van der Waals surface area contributed by atoms with E-state index in [4.69, 9.17) is 17.9 Å². The molecule has 160 valence electrons. The fourth-order valence-electron chi connectivity index (χ4n) is 6.44. The molecule has 0 aromatic heterocycles. The van der Waals surface area contributed by atoms with E-state index in [0.717, 1.165) is 38.5 Å². The van der Waals surface area contributed by atoms with Crippen LogP contribution in [0, 0.1) is 30.9 Å². The molecule has 0 unspecified atom stereocenters. The second kappa shape index (κ2) is 7.25. The summed E-state index contributed by atoms with van der Waals surface area (Å²) in [6, 6.07) is -0.520. The number of rotatable bonds is 4. The van der Waals surface area contributed by atoms with Gasteiger partial charge in [-0.25, -0.2) is 13.1 Å². The van der Waals surface area contributed by atoms with Crippen molar-refractivity contribution < 1.29 is 14.6 Å². The Bertz CT molecular complexity index is 737. The van der Waals surface area contributed by atoms with Crippen molar-refractivity contribution >= 4 is 6.41 Å². The Morgan fingerprint density at radius 1 is 1.10 bits per heavy atom. The summed E-state index contributed by atoms with van der Waals surface area (Å²) in [6.07, 6.45) is 5.30. The third-order valence-corrected chi connectivity index (χ3v) is 8.38. The maximum absolute atomic E-state index is 11.0. The Kier molecular flexibility index (Phi) is 5.52. The Morgan fingerprint density at radius 3 is 2.34 bits per heavy atom. The van der Waals surface area contributed by atoms with Gasteiger partial charge in [0.2, 0.25) is 11.9 Å². The predicted molar refractivity (Wildman–Crippen MR) is 111 cm³/mol. The second-order valence-electron chi connectivity index (χ2n) is 10.7. The number of hydrogen-bond donors (Lipinski definition) is 2. The third kappa shape index (κ3) is 3.56. The van der Waals surface area contributed by atoms with Gasteiger partial charge in [0.15, 0.2) is 0 Å². The maximum atomic E-state index is 11.0. The van der Waals surface area contributed by atoms with Gasteiger partial charge in [-0.2, -0.15) is 0 Å². The van der Waals surface area contributed by atoms with Crippen molar-refractivity contribution in [1.82, 2.24) is 5.32 Å². The van der Waals surface area contributed by atoms with Crippen molar-refractivity contribution in [1.29, 1.82) is 0 Å². The van der Waals surface area contributed by atoms with Gasteiger partial charge < -0.3 is 24.9 Å². The van der Waals surface area contributed by atoms with E-state index in [2.05, 4.69) is 21.9 Å². The van der Waals surface area contributed by atoms with Crippen molar-refractivity contribution in [3.63, 3.8) is 0 Å². The van der Waals surface area contributed by atoms with Crippen LogP contribution in [0.15, 0.2) is 0 Å². The summed E-state index contributed by atoms with van der Waals surface area (Å²) in [5.41, 5.74) is -2.40. The van der Waals surface area contributed by atoms with Crippen molar-refractivity contribution in [3.05, 3.63) is 22.8 Å². The van der Waals surface area contributed by atoms with E-state index >= 15 is 0 Å². The quantitative estimate of drug-likeness (QED) is 0.559. The predicted octanol–water partition coefficient (Wildman–Crippen LogP) is 3.60. The number of amides is 1. The lowest BCUT2D eigenvalue weighted by molar-refractivity contribution is -0.152. The molecule has 0 spiro atoms. The zero-order valence-electron chi connectivity index (χ0n) is 18.4. The summed E-state index contributed by atoms with van der Waals surface area (Å²) in [7, 11) is 0. The first kappa shape index (κ1) is 22.1. The lowest BCUT2D eigenvalue weighted by Gasteiger charge is -2.53. The normalized spacial score (nSPS) is 47.5. The number of fused-ring (bicyclic) bond motifs is 1. The molecule has 3 aliphatic rings. The SMILES string of the molecule is [C-]#[N+][C@@H]1[C@@H]2[C@@H]([C@@]3(C)CC[C@@H](C(C)(C)NC=O)O3)CC[C@](C)([N+]#[C-])[C@H]2CC[C@@]1(C)O. The molecule has 6 heteroatoms. The van der Waals surface area contributed by atoms with E-state index in [-0.39, 0.29) is 23.9 Å². The molecular weight excluding hydrogens is 366 g/mol. The van der Waals surface area contributed by atoms with Crippen molar-refractivity contribution in [2.75, 3.05) is 0 Å². The maximum Gasteiger partial charge on any atom is 0.255 e. The van der Waals surface area contributed by atoms with Crippen LogP contribution in [0.4, 0.5) is 0 Å². The lowest BCUT2D eigenvalue weighted by Crippen LogP contribution is -2.62. The summed E-state index contributed by atoms with van der Waals surface area (Å²) in [5, 5.41) is 13.9. The number of nitrogens with one attached hydrogen (secondary N) is 1. The highest BCUT2D eigenvalue weighted by molar-refractivity contribution is 5.48. The number of hydrogen-bond acceptors (Lipinski definition) is 3. The standard InChI is InChI=1S/C23H35N3O3/c1-20(2,26-14-27)17-10-13-23(5,29-17)16-8-11-21(3,25-7)15-9-12-22(4,28)19(24-6)18(15)16/h14-19,28H,8-13H2,1-5H3,(H,26,27)/t15-,16-,17-,18-,19+,21-,22+,23+/m0/s1. The molecule has 2 aliphatic carbocycles. The summed E-state index contributed by atoms with van der Waals surface area (Å²) in [4.78, 5) is 19.0. The van der Waals surface area contributed by atoms with Crippen molar-refractivity contribution in [2.45, 2.75) is 108 Å². The minimum Gasteiger partial charge on any atom is -0.382 e. The van der Waals surface area contributed by atoms with Gasteiger partial charge >= 0.3 is 0 Å². The Hall–Kier alpha value is -1.63. The Balaban J connectivity index is 1.95. The van der Waals surface area contributed by atoms with Crippen LogP contribution in [0.1, 0.15) is 73.1 Å². The minimum absolute atomic E-state index is 0.0602. The van der Waals surface area contributed by atoms with Crippen LogP contribution in [-0.2, 0) is 9.53 Å². The molecule has 2 saturated carbocycles. The smallest absolute Gasteiger partial charge is 0.255 e. The first-order chi connectivity index (χ1) is 13.4. The number of ether oxygens (including phenoxy) is 1. The van der Waals surface area contributed by atoms with E-state index < -0.39 is 28.3 Å². The molecular formula is C23H35N3O3. The largest absolute Gasteiger partial charge is 0.382 e. The first-order valence-electron chi connectivity index (χ1n) is 10.8. The van der Waals surface area contributed by atoms with Gasteiger partial charge in [-0.15, -0.1) is 0 Å². The number of carbonyl (C=O) groups excluding carboxylic acids is 1. The summed E-state index contributed by atoms with van der Waals surface area (Å²) < 4.78 is 6.63. The summed E-state index contributed by atoms with van der Waals surface area (Å²) in [6.45, 7) is 25.6. The molecule has 1 amide bonds. The second-order valence-corrected chi connectivity index (χ2v) is 10.7. The van der Waals surface area contributed by atoms with Gasteiger partial charge in [-0.1, -0.05) is 0 Å². The van der Waals surface area contributed by atoms with Crippen LogP contribution in [0.25, 0.3) is 9.69 Å². The minimum atomic E-state index is -1.03. The van der Waals surface area contributed by atoms with Crippen LogP contribution >= 0.6 is 0 Å².